The SMILES string of the molecule is CC[C@H](C)[C@@H]([C@@H](CC(=O)N1CCC[C@H]1[C@H](OC)[C@@H](C)C(=O)C[C@@H](Cc1ccccc1)c1nccs1)OC)N(C)C(=O)[C@@H](CC(=O)C(C)(C)NC(=O)OCc1ccc(NC(=O)[C@H](CCCNC(N)=O)CC(=O)[C@@H](NC(=O)[C@H](CCCCNC(=O)CC[C@@H](NC(C)(C)C)C(=O)C(C)(C)C)CS(=O)(=O)c2ccccc2)C(C)C)cc1)C(C)C. The van der Waals surface area contributed by atoms with E-state index in [2.05, 4.69) is 36.9 Å². The molecule has 1 aliphatic heterocycles. The lowest BCUT2D eigenvalue weighted by Crippen LogP contribution is -2.55. The van der Waals surface area contributed by atoms with Crippen molar-refractivity contribution >= 4 is 91.7 Å². The lowest BCUT2D eigenvalue weighted by atomic mass is 9.83. The molecule has 4 aromatic rings. The molecule has 1 fully saturated rings. The highest BCUT2D eigenvalue weighted by molar-refractivity contribution is 7.91. The second-order valence-electron chi connectivity index (χ2n) is 34.3. The molecule has 0 spiro atoms. The minimum absolute atomic E-state index is 0.00449. The van der Waals surface area contributed by atoms with Gasteiger partial charge in [0.2, 0.25) is 29.5 Å². The van der Waals surface area contributed by atoms with Crippen molar-refractivity contribution in [2.24, 2.45) is 52.6 Å². The summed E-state index contributed by atoms with van der Waals surface area (Å²) in [5, 5.41) is 19.9. The van der Waals surface area contributed by atoms with Crippen LogP contribution in [-0.2, 0) is 80.2 Å². The predicted molar refractivity (Wildman–Crippen MR) is 447 cm³/mol. The minimum atomic E-state index is -4.02. The Labute approximate surface area is 686 Å². The number of nitrogens with zero attached hydrogens (tertiary/aromatic N) is 3. The number of likely N-dealkylation sites (N-methyl/N-ethyl adjacent to an activating group) is 1. The molecule has 8 N–H and O–H groups in total. The summed E-state index contributed by atoms with van der Waals surface area (Å²) in [5.74, 6) is -8.07. The van der Waals surface area contributed by atoms with E-state index in [1.165, 1.54) is 44.4 Å². The number of sulfone groups is 1. The number of carbonyl (C=O) groups is 11. The maximum absolute atomic E-state index is 14.9. The summed E-state index contributed by atoms with van der Waals surface area (Å²) in [7, 11) is 0.764. The molecule has 1 aromatic heterocycles. The molecule has 115 heavy (non-hydrogen) atoms. The van der Waals surface area contributed by atoms with E-state index in [4.69, 9.17) is 19.9 Å². The molecule has 1 saturated heterocycles. The Kier molecular flexibility index (Phi) is 38.9. The first-order chi connectivity index (χ1) is 54.0. The first-order valence-electron chi connectivity index (χ1n) is 40.7. The number of hydrogen-bond donors (Lipinski definition) is 7. The number of methoxy groups -OCH3 is 2. The Hall–Kier alpha value is -8.31. The zero-order valence-corrected chi connectivity index (χ0v) is 72.9. The van der Waals surface area contributed by atoms with Gasteiger partial charge in [0.05, 0.1) is 69.9 Å². The normalized spacial score (nSPS) is 16.3. The van der Waals surface area contributed by atoms with Crippen molar-refractivity contribution in [2.45, 2.75) is 265 Å². The summed E-state index contributed by atoms with van der Waals surface area (Å²) in [6.07, 6.45) is 3.32. The molecule has 0 saturated carbocycles. The van der Waals surface area contributed by atoms with Gasteiger partial charge >= 0.3 is 12.1 Å². The molecule has 3 aromatic carbocycles. The summed E-state index contributed by atoms with van der Waals surface area (Å²) in [6.45, 7) is 28.0. The average molecular weight is 1640 g/mol. The highest BCUT2D eigenvalue weighted by Gasteiger charge is 2.45. The monoisotopic (exact) mass is 1640 g/mol. The number of nitrogens with one attached hydrogen (secondary N) is 6. The highest BCUT2D eigenvalue weighted by atomic mass is 32.2. The summed E-state index contributed by atoms with van der Waals surface area (Å²) < 4.78 is 45.6. The van der Waals surface area contributed by atoms with Gasteiger partial charge in [-0.25, -0.2) is 23.0 Å². The van der Waals surface area contributed by atoms with E-state index < -0.39 is 122 Å². The molecule has 12 atom stereocenters. The summed E-state index contributed by atoms with van der Waals surface area (Å²) >= 11 is 1.53. The van der Waals surface area contributed by atoms with Gasteiger partial charge in [-0.05, 0) is 139 Å². The van der Waals surface area contributed by atoms with Crippen molar-refractivity contribution in [1.82, 2.24) is 41.4 Å². The number of benzene rings is 3. The third-order valence-corrected chi connectivity index (χ3v) is 24.6. The number of unbranched alkanes of at least 4 members (excludes halogenated alkanes) is 1. The third-order valence-electron chi connectivity index (χ3n) is 21.8. The lowest BCUT2D eigenvalue weighted by molar-refractivity contribution is -0.149. The molecule has 28 heteroatoms. The fourth-order valence-electron chi connectivity index (χ4n) is 15.0. The summed E-state index contributed by atoms with van der Waals surface area (Å²) in [6, 6.07) is 20.7. The van der Waals surface area contributed by atoms with Gasteiger partial charge in [-0.3, -0.25) is 43.2 Å². The van der Waals surface area contributed by atoms with Crippen molar-refractivity contribution in [1.29, 1.82) is 0 Å². The molecule has 638 valence electrons. The van der Waals surface area contributed by atoms with Gasteiger partial charge in [-0.15, -0.1) is 11.3 Å². The number of Topliss-reactive ketones (excluding diaryl/α,β-unsaturated/α-hetero) is 4. The Bertz CT molecular complexity index is 3920. The number of thiazole rings is 1. The number of amides is 8. The van der Waals surface area contributed by atoms with Gasteiger partial charge in [-0.1, -0.05) is 143 Å². The van der Waals surface area contributed by atoms with Gasteiger partial charge in [0, 0.05) is 118 Å². The van der Waals surface area contributed by atoms with Crippen LogP contribution < -0.4 is 37.6 Å². The fourth-order valence-corrected chi connectivity index (χ4v) is 17.3. The van der Waals surface area contributed by atoms with Gasteiger partial charge in [0.15, 0.2) is 27.2 Å². The van der Waals surface area contributed by atoms with Crippen LogP contribution in [0.25, 0.3) is 0 Å². The van der Waals surface area contributed by atoms with Gasteiger partial charge in [0.1, 0.15) is 12.4 Å². The van der Waals surface area contributed by atoms with E-state index in [1.54, 1.807) is 81.6 Å². The topological polar surface area (TPSA) is 367 Å². The number of ether oxygens (including phenoxy) is 3. The van der Waals surface area contributed by atoms with Gasteiger partial charge in [-0.2, -0.15) is 0 Å². The van der Waals surface area contributed by atoms with E-state index in [0.29, 0.717) is 56.3 Å². The maximum atomic E-state index is 14.9. The fraction of sp³-hybridized carbons (Fsp3) is 0.632. The minimum Gasteiger partial charge on any atom is -0.445 e. The Morgan fingerprint density at radius 1 is 0.713 bits per heavy atom. The maximum Gasteiger partial charge on any atom is 0.408 e. The molecule has 1 aliphatic rings. The van der Waals surface area contributed by atoms with Crippen molar-refractivity contribution in [3.8, 4) is 0 Å². The molecule has 2 heterocycles. The van der Waals surface area contributed by atoms with E-state index >= 15 is 0 Å². The van der Waals surface area contributed by atoms with Crippen LogP contribution in [0.2, 0.25) is 0 Å². The molecule has 5 rings (SSSR count). The van der Waals surface area contributed by atoms with Gasteiger partial charge in [0.25, 0.3) is 0 Å². The highest BCUT2D eigenvalue weighted by Crippen LogP contribution is 2.35. The van der Waals surface area contributed by atoms with Crippen LogP contribution in [0.1, 0.15) is 216 Å². The summed E-state index contributed by atoms with van der Waals surface area (Å²) in [4.78, 5) is 161. The van der Waals surface area contributed by atoms with E-state index in [1.807, 2.05) is 117 Å². The first kappa shape index (κ1) is 97.3. The standard InChI is InChI=1S/C87H132N10O16S2/c1-19-57(6)76(71(111-17)52-74(102)97-46-29-36-68(97)77(112-18)58(7)69(98)50-63(81-90-45-47-114-81)48-59-30-22-20-23-31-59)96(16)82(106)66(55(2)3)51-72(100)87(14,15)95-84(108)113-53-60-37-39-64(40-38-60)92-79(104)61(33-28-44-91-83(88)107)49-70(99)75(56(4)5)93-80(105)62(54-115(109,110)65-34-24-21-25-35-65)32-26-27-43-89-73(101)42-41-67(94-86(11,12)13)78(103)85(8,9)10/h20-25,30-31,34-35,37-40,45,47,55-58,61-63,66-68,71,75-77,94H,19,26-29,32-33,36,41-44,46,48-54H2,1-18H3,(H,89,101)(H,92,104)(H,93,105)(H,95,108)(H3,88,91,107)/t57-,58-,61+,62+,63+,66-,67+,68-,71+,75-,76-,77+/m0/s1. The predicted octanol–water partition coefficient (Wildman–Crippen LogP) is 11.9. The molecule has 8 amide bonds. The number of aromatic nitrogens is 1. The number of urea groups is 1. The van der Waals surface area contributed by atoms with Crippen LogP contribution in [0.4, 0.5) is 15.3 Å². The van der Waals surface area contributed by atoms with E-state index in [0.717, 1.165) is 10.6 Å². The van der Waals surface area contributed by atoms with Crippen molar-refractivity contribution in [2.75, 3.05) is 52.0 Å². The smallest absolute Gasteiger partial charge is 0.408 e. The molecule has 26 nitrogen and oxygen atoms in total. The van der Waals surface area contributed by atoms with Crippen molar-refractivity contribution in [3.63, 3.8) is 0 Å². The zero-order chi connectivity index (χ0) is 85.7. The molecule has 0 aliphatic carbocycles. The van der Waals surface area contributed by atoms with Crippen LogP contribution in [0.15, 0.2) is 101 Å². The number of nitrogens with two attached hydrogens (primary N) is 1. The quantitative estimate of drug-likeness (QED) is 0.0202. The lowest BCUT2D eigenvalue weighted by Gasteiger charge is -2.41. The Morgan fingerprint density at radius 3 is 1.92 bits per heavy atom. The number of anilines is 1. The zero-order valence-electron chi connectivity index (χ0n) is 71.2. The number of primary amides is 1. The summed E-state index contributed by atoms with van der Waals surface area (Å²) in [5.41, 5.74) is 4.77. The van der Waals surface area contributed by atoms with Crippen molar-refractivity contribution in [3.05, 3.63) is 113 Å². The number of alkyl carbamates (subject to hydrolysis) is 1. The number of rotatable bonds is 49. The molecule has 0 unspecified atom stereocenters. The largest absolute Gasteiger partial charge is 0.445 e. The second kappa shape index (κ2) is 46.0. The number of ketones is 4. The van der Waals surface area contributed by atoms with Crippen LogP contribution in [-0.4, -0.2) is 182 Å². The van der Waals surface area contributed by atoms with Crippen LogP contribution >= 0.6 is 11.3 Å². The molecule has 0 bridgehead atoms. The number of likely N-dealkylation sites (tertiary alicyclic amines) is 1. The van der Waals surface area contributed by atoms with Gasteiger partial charge < -0.3 is 61.6 Å². The van der Waals surface area contributed by atoms with Crippen molar-refractivity contribution < 1.29 is 75.4 Å². The average Bonchev–Trinajstić information content (AvgIpc) is 1.80. The molecular formula is C87H132N10O16S2. The van der Waals surface area contributed by atoms with Crippen LogP contribution in [0.3, 0.4) is 0 Å². The third kappa shape index (κ3) is 31.3. The molecule has 0 radical (unpaired) electrons. The number of hydrogen-bond acceptors (Lipinski definition) is 19. The molecular weight excluding hydrogens is 1510 g/mol. The van der Waals surface area contributed by atoms with Crippen LogP contribution in [0.5, 0.6) is 0 Å². The van der Waals surface area contributed by atoms with E-state index in [9.17, 15) is 61.2 Å². The van der Waals surface area contributed by atoms with E-state index in [-0.39, 0.29) is 141 Å². The Morgan fingerprint density at radius 2 is 1.35 bits per heavy atom. The number of carbonyl (C=O) groups excluding carboxylic acids is 11. The first-order valence-corrected chi connectivity index (χ1v) is 43.2. The second-order valence-corrected chi connectivity index (χ2v) is 37.2. The Balaban J connectivity index is 1.19. The van der Waals surface area contributed by atoms with Crippen LogP contribution in [0, 0.1) is 46.8 Å².